The van der Waals surface area contributed by atoms with Crippen molar-refractivity contribution in [1.29, 1.82) is 0 Å². The number of fused-ring (bicyclic) bond motifs is 3. The number of hydrogen-bond donors (Lipinski definition) is 5. The van der Waals surface area contributed by atoms with Crippen molar-refractivity contribution >= 4 is 16.7 Å². The van der Waals surface area contributed by atoms with Crippen LogP contribution >= 0.6 is 0 Å². The summed E-state index contributed by atoms with van der Waals surface area (Å²) < 4.78 is 1.39. The Morgan fingerprint density at radius 3 is 2.48 bits per heavy atom. The largest absolute Gasteiger partial charge is 0.391 e. The van der Waals surface area contributed by atoms with Gasteiger partial charge < -0.3 is 20.4 Å². The van der Waals surface area contributed by atoms with Gasteiger partial charge in [0.1, 0.15) is 18.3 Å². The zero-order chi connectivity index (χ0) is 16.7. The number of rotatable bonds is 4. The number of H-pyrrole nitrogens is 1. The number of aliphatic hydroxyl groups excluding tert-OH is 4. The molecule has 3 aromatic rings. The van der Waals surface area contributed by atoms with Gasteiger partial charge >= 0.3 is 0 Å². The Balaban J connectivity index is 2.19. The van der Waals surface area contributed by atoms with Crippen molar-refractivity contribution in [1.82, 2.24) is 19.6 Å². The number of nitrogens with zero attached hydrogens (tertiary/aromatic N) is 3. The molecule has 1 aromatic carbocycles. The molecule has 5 N–H and O–H groups in total. The highest BCUT2D eigenvalue weighted by molar-refractivity contribution is 5.80. The first-order chi connectivity index (χ1) is 10.9. The topological polar surface area (TPSA) is 144 Å². The SMILES string of the molecule is CC(O)[C@@H](O)[C@H](O)[C@@H](O)c1nnc2[nH]c(=O)c3ccccc3n12. The third-order valence-corrected chi connectivity index (χ3v) is 3.74. The summed E-state index contributed by atoms with van der Waals surface area (Å²) in [6.07, 6.45) is -6.08. The van der Waals surface area contributed by atoms with Crippen LogP contribution < -0.4 is 5.56 Å². The van der Waals surface area contributed by atoms with Gasteiger partial charge in [0.05, 0.1) is 17.0 Å². The van der Waals surface area contributed by atoms with E-state index in [1.165, 1.54) is 11.3 Å². The lowest BCUT2D eigenvalue weighted by molar-refractivity contribution is -0.103. The van der Waals surface area contributed by atoms with Crippen LogP contribution in [0.25, 0.3) is 16.7 Å². The van der Waals surface area contributed by atoms with E-state index in [0.717, 1.165) is 0 Å². The number of hydrogen-bond acceptors (Lipinski definition) is 7. The summed E-state index contributed by atoms with van der Waals surface area (Å²) in [5.74, 6) is 0.0427. The van der Waals surface area contributed by atoms with Gasteiger partial charge in [-0.15, -0.1) is 10.2 Å². The minimum absolute atomic E-state index is 0.0559. The molecule has 0 aliphatic heterocycles. The van der Waals surface area contributed by atoms with Crippen LogP contribution in [0, 0.1) is 0 Å². The molecule has 0 aliphatic carbocycles. The summed E-state index contributed by atoms with van der Waals surface area (Å²) in [6.45, 7) is 1.29. The van der Waals surface area contributed by atoms with E-state index in [0.29, 0.717) is 10.9 Å². The summed E-state index contributed by atoms with van der Waals surface area (Å²) in [5.41, 5.74) is 0.0927. The van der Waals surface area contributed by atoms with Gasteiger partial charge in [0.15, 0.2) is 5.82 Å². The van der Waals surface area contributed by atoms with Crippen LogP contribution in [0.2, 0.25) is 0 Å². The summed E-state index contributed by atoms with van der Waals surface area (Å²) in [7, 11) is 0. The van der Waals surface area contributed by atoms with Crippen molar-refractivity contribution in [2.45, 2.75) is 31.3 Å². The van der Waals surface area contributed by atoms with Crippen LogP contribution in [0.1, 0.15) is 18.9 Å². The van der Waals surface area contributed by atoms with Crippen molar-refractivity contribution < 1.29 is 20.4 Å². The van der Waals surface area contributed by atoms with E-state index in [1.807, 2.05) is 0 Å². The molecule has 0 radical (unpaired) electrons. The predicted octanol–water partition coefficient (Wildman–Crippen LogP) is -1.29. The molecule has 0 aliphatic rings. The lowest BCUT2D eigenvalue weighted by Crippen LogP contribution is -2.40. The zero-order valence-corrected chi connectivity index (χ0v) is 12.2. The Morgan fingerprint density at radius 2 is 1.78 bits per heavy atom. The second-order valence-corrected chi connectivity index (χ2v) is 5.36. The van der Waals surface area contributed by atoms with Crippen molar-refractivity contribution in [2.24, 2.45) is 0 Å². The molecule has 9 nitrogen and oxygen atoms in total. The lowest BCUT2D eigenvalue weighted by atomic mass is 10.0. The minimum atomic E-state index is -1.67. The number of nitrogens with one attached hydrogen (secondary N) is 1. The summed E-state index contributed by atoms with van der Waals surface area (Å²) in [4.78, 5) is 14.5. The number of aliphatic hydroxyl groups is 4. The van der Waals surface area contributed by atoms with Gasteiger partial charge in [-0.25, -0.2) is 0 Å². The monoisotopic (exact) mass is 320 g/mol. The molecule has 0 saturated heterocycles. The van der Waals surface area contributed by atoms with E-state index >= 15 is 0 Å². The third kappa shape index (κ3) is 2.49. The Morgan fingerprint density at radius 1 is 1.09 bits per heavy atom. The highest BCUT2D eigenvalue weighted by Gasteiger charge is 2.32. The first-order valence-electron chi connectivity index (χ1n) is 7.00. The molecular formula is C14H16N4O5. The first kappa shape index (κ1) is 15.6. The van der Waals surface area contributed by atoms with E-state index in [2.05, 4.69) is 15.2 Å². The molecule has 3 rings (SSSR count). The maximum absolute atomic E-state index is 12.0. The molecule has 9 heteroatoms. The number of para-hydroxylation sites is 1. The second kappa shape index (κ2) is 5.70. The highest BCUT2D eigenvalue weighted by Crippen LogP contribution is 2.22. The average molecular weight is 320 g/mol. The molecule has 0 amide bonds. The van der Waals surface area contributed by atoms with Gasteiger partial charge in [-0.2, -0.15) is 0 Å². The molecule has 0 bridgehead atoms. The predicted molar refractivity (Wildman–Crippen MR) is 79.8 cm³/mol. The third-order valence-electron chi connectivity index (χ3n) is 3.74. The fourth-order valence-electron chi connectivity index (χ4n) is 2.46. The first-order valence-corrected chi connectivity index (χ1v) is 7.00. The van der Waals surface area contributed by atoms with Gasteiger partial charge in [0, 0.05) is 0 Å². The van der Waals surface area contributed by atoms with E-state index in [4.69, 9.17) is 0 Å². The van der Waals surface area contributed by atoms with Crippen LogP contribution in [0.3, 0.4) is 0 Å². The van der Waals surface area contributed by atoms with Crippen LogP contribution in [0.4, 0.5) is 0 Å². The van der Waals surface area contributed by atoms with Crippen molar-refractivity contribution in [3.8, 4) is 0 Å². The molecule has 23 heavy (non-hydrogen) atoms. The number of aromatic nitrogens is 4. The smallest absolute Gasteiger partial charge is 0.260 e. The molecule has 4 atom stereocenters. The fraction of sp³-hybridized carbons (Fsp3) is 0.357. The quantitative estimate of drug-likeness (QED) is 0.402. The maximum atomic E-state index is 12.0. The Labute approximate surface area is 129 Å². The Hall–Kier alpha value is -2.33. The molecule has 0 saturated carbocycles. The standard InChI is InChI=1S/C14H16N4O5/c1-6(19)9(20)10(21)11(22)12-16-17-14-15-13(23)7-4-2-3-5-8(7)18(12)14/h2-6,9-11,19-22H,1H3,(H,15,17,23)/t6?,9-,10+,11-/m1/s1. The van der Waals surface area contributed by atoms with Crippen molar-refractivity contribution in [2.75, 3.05) is 0 Å². The summed E-state index contributed by atoms with van der Waals surface area (Å²) >= 11 is 0. The highest BCUT2D eigenvalue weighted by atomic mass is 16.4. The van der Waals surface area contributed by atoms with Crippen LogP contribution in [0.15, 0.2) is 29.1 Å². The van der Waals surface area contributed by atoms with Gasteiger partial charge in [-0.1, -0.05) is 12.1 Å². The van der Waals surface area contributed by atoms with Crippen LogP contribution in [-0.4, -0.2) is 58.3 Å². The summed E-state index contributed by atoms with van der Waals surface area (Å²) in [6, 6.07) is 6.65. The van der Waals surface area contributed by atoms with Gasteiger partial charge in [0.2, 0.25) is 5.78 Å². The summed E-state index contributed by atoms with van der Waals surface area (Å²) in [5, 5.41) is 47.3. The van der Waals surface area contributed by atoms with E-state index in [-0.39, 0.29) is 17.2 Å². The molecule has 2 aromatic heterocycles. The zero-order valence-electron chi connectivity index (χ0n) is 12.2. The number of aromatic amines is 1. The van der Waals surface area contributed by atoms with Crippen molar-refractivity contribution in [3.05, 3.63) is 40.4 Å². The Bertz CT molecular complexity index is 903. The second-order valence-electron chi connectivity index (χ2n) is 5.36. The van der Waals surface area contributed by atoms with Crippen LogP contribution in [0.5, 0.6) is 0 Å². The molecule has 0 spiro atoms. The minimum Gasteiger partial charge on any atom is -0.391 e. The lowest BCUT2D eigenvalue weighted by Gasteiger charge is -2.23. The van der Waals surface area contributed by atoms with Gasteiger partial charge in [-0.05, 0) is 19.1 Å². The number of benzene rings is 1. The molecule has 2 heterocycles. The van der Waals surface area contributed by atoms with E-state index < -0.39 is 24.4 Å². The Kier molecular flexibility index (Phi) is 3.86. The molecule has 122 valence electrons. The maximum Gasteiger partial charge on any atom is 0.260 e. The molecule has 0 fully saturated rings. The van der Waals surface area contributed by atoms with Crippen molar-refractivity contribution in [3.63, 3.8) is 0 Å². The van der Waals surface area contributed by atoms with E-state index in [9.17, 15) is 25.2 Å². The average Bonchev–Trinajstić information content (AvgIpc) is 2.96. The van der Waals surface area contributed by atoms with Crippen LogP contribution in [-0.2, 0) is 0 Å². The van der Waals surface area contributed by atoms with Gasteiger partial charge in [-0.3, -0.25) is 14.2 Å². The fourth-order valence-corrected chi connectivity index (χ4v) is 2.46. The molecule has 1 unspecified atom stereocenters. The van der Waals surface area contributed by atoms with E-state index in [1.54, 1.807) is 24.3 Å². The normalized spacial score (nSPS) is 17.3. The van der Waals surface area contributed by atoms with Gasteiger partial charge in [0.25, 0.3) is 5.56 Å². The molecular weight excluding hydrogens is 304 g/mol.